The second-order valence-corrected chi connectivity index (χ2v) is 18.3. The van der Waals surface area contributed by atoms with Crippen LogP contribution in [0.2, 0.25) is 0 Å². The molecule has 65 heavy (non-hydrogen) atoms. The summed E-state index contributed by atoms with van der Waals surface area (Å²) in [6.07, 6.45) is 25.2. The van der Waals surface area contributed by atoms with Crippen molar-refractivity contribution in [2.45, 2.75) is 261 Å². The van der Waals surface area contributed by atoms with Crippen LogP contribution in [-0.4, -0.2) is 142 Å². The maximum absolute atomic E-state index is 13.0. The summed E-state index contributed by atoms with van der Waals surface area (Å²) in [6.45, 7) is 3.65. The summed E-state index contributed by atoms with van der Waals surface area (Å²) < 4.78 is 34.3. The van der Waals surface area contributed by atoms with E-state index in [4.69, 9.17) is 28.4 Å². The maximum atomic E-state index is 13.0. The molecule has 2 heterocycles. The molecule has 11 atom stereocenters. The fraction of sp³-hybridized carbons (Fsp3) is 0.902. The van der Waals surface area contributed by atoms with Gasteiger partial charge in [0.05, 0.1) is 26.4 Å². The van der Waals surface area contributed by atoms with Crippen LogP contribution in [-0.2, 0) is 33.2 Å². The van der Waals surface area contributed by atoms with Gasteiger partial charge in [0.1, 0.15) is 54.9 Å². The van der Waals surface area contributed by atoms with Gasteiger partial charge in [0.25, 0.3) is 0 Å². The smallest absolute Gasteiger partial charge is 0.306 e. The molecule has 11 unspecified atom stereocenters. The van der Waals surface area contributed by atoms with Crippen molar-refractivity contribution in [1.29, 1.82) is 0 Å². The SMILES string of the molecule is CCCC/C=C\C/C=C\CCCCCCCC(=O)OC(COCCCCCCCCCCCCCCCCCCC)COC1OC(COC2OC(CO)C(O)C(O)C2O)C(O)C(O)C1O. The Balaban J connectivity index is 1.76. The highest BCUT2D eigenvalue weighted by molar-refractivity contribution is 5.69. The summed E-state index contributed by atoms with van der Waals surface area (Å²) >= 11 is 0. The number of rotatable bonds is 41. The standard InChI is InChI=1S/C51H94O14/c1-3-5-7-9-11-13-15-17-19-20-21-23-25-27-29-31-33-35-60-37-40(63-43(53)34-32-30-28-26-24-22-18-16-14-12-10-8-6-4-2)38-61-50-49(59)47(57)45(55)42(65-50)39-62-51-48(58)46(56)44(54)41(36-52)64-51/h10,12,16,18,40-42,44-52,54-59H,3-9,11,13-15,17,19-39H2,1-2H3/b12-10-,18-16-. The van der Waals surface area contributed by atoms with Crippen LogP contribution in [0.5, 0.6) is 0 Å². The zero-order valence-electron chi connectivity index (χ0n) is 40.5. The predicted molar refractivity (Wildman–Crippen MR) is 252 cm³/mol. The topological polar surface area (TPSA) is 214 Å². The molecule has 0 aromatic carbocycles. The number of aliphatic hydroxyl groups is 7. The lowest BCUT2D eigenvalue weighted by Crippen LogP contribution is -2.61. The average molecular weight is 931 g/mol. The molecule has 0 amide bonds. The van der Waals surface area contributed by atoms with Crippen molar-refractivity contribution < 1.29 is 69.0 Å². The van der Waals surface area contributed by atoms with Gasteiger partial charge in [-0.15, -0.1) is 0 Å². The zero-order chi connectivity index (χ0) is 47.3. The minimum Gasteiger partial charge on any atom is -0.457 e. The number of carbonyl (C=O) groups excluding carboxylic acids is 1. The molecule has 2 aliphatic rings. The Kier molecular flexibility index (Phi) is 36.1. The third-order valence-corrected chi connectivity index (χ3v) is 12.5. The lowest BCUT2D eigenvalue weighted by atomic mass is 9.98. The van der Waals surface area contributed by atoms with Gasteiger partial charge in [-0.1, -0.05) is 173 Å². The molecule has 0 saturated carbocycles. The molecule has 0 bridgehead atoms. The largest absolute Gasteiger partial charge is 0.457 e. The maximum Gasteiger partial charge on any atom is 0.306 e. The molecule has 0 aromatic heterocycles. The Bertz CT molecular complexity index is 1170. The molecule has 2 fully saturated rings. The van der Waals surface area contributed by atoms with E-state index in [0.29, 0.717) is 13.0 Å². The Morgan fingerprint density at radius 3 is 1.52 bits per heavy atom. The van der Waals surface area contributed by atoms with Crippen LogP contribution >= 0.6 is 0 Å². The van der Waals surface area contributed by atoms with Crippen LogP contribution < -0.4 is 0 Å². The summed E-state index contributed by atoms with van der Waals surface area (Å²) in [6, 6.07) is 0. The third-order valence-electron chi connectivity index (χ3n) is 12.5. The van der Waals surface area contributed by atoms with E-state index in [2.05, 4.69) is 38.2 Å². The van der Waals surface area contributed by atoms with Gasteiger partial charge >= 0.3 is 5.97 Å². The fourth-order valence-electron chi connectivity index (χ4n) is 8.18. The molecule has 0 aliphatic carbocycles. The second-order valence-electron chi connectivity index (χ2n) is 18.3. The van der Waals surface area contributed by atoms with Gasteiger partial charge in [-0.2, -0.15) is 0 Å². The van der Waals surface area contributed by atoms with E-state index in [0.717, 1.165) is 64.2 Å². The Morgan fingerprint density at radius 2 is 0.969 bits per heavy atom. The number of unbranched alkanes of at least 4 members (excludes halogenated alkanes) is 23. The van der Waals surface area contributed by atoms with E-state index in [-0.39, 0.29) is 25.6 Å². The minimum absolute atomic E-state index is 0.0598. The number of esters is 1. The monoisotopic (exact) mass is 931 g/mol. The van der Waals surface area contributed by atoms with Crippen molar-refractivity contribution in [2.24, 2.45) is 0 Å². The van der Waals surface area contributed by atoms with E-state index >= 15 is 0 Å². The average Bonchev–Trinajstić information content (AvgIpc) is 3.30. The Morgan fingerprint density at radius 1 is 0.508 bits per heavy atom. The lowest BCUT2D eigenvalue weighted by molar-refractivity contribution is -0.332. The van der Waals surface area contributed by atoms with Gasteiger partial charge in [-0.05, 0) is 38.5 Å². The predicted octanol–water partition coefficient (Wildman–Crippen LogP) is 7.63. The van der Waals surface area contributed by atoms with Crippen LogP contribution in [0.25, 0.3) is 0 Å². The first kappa shape index (κ1) is 59.6. The van der Waals surface area contributed by atoms with Crippen molar-refractivity contribution in [3.05, 3.63) is 24.3 Å². The van der Waals surface area contributed by atoms with Gasteiger partial charge in [0.15, 0.2) is 12.6 Å². The summed E-state index contributed by atoms with van der Waals surface area (Å²) in [5, 5.41) is 72.1. The van der Waals surface area contributed by atoms with Crippen LogP contribution in [0.3, 0.4) is 0 Å². The molecule has 7 N–H and O–H groups in total. The number of carbonyl (C=O) groups is 1. The van der Waals surface area contributed by atoms with Gasteiger partial charge in [-0.3, -0.25) is 4.79 Å². The summed E-state index contributed by atoms with van der Waals surface area (Å²) in [7, 11) is 0. The first-order chi connectivity index (χ1) is 31.6. The first-order valence-corrected chi connectivity index (χ1v) is 25.9. The number of allylic oxidation sites excluding steroid dienone is 4. The molecule has 2 saturated heterocycles. The molecule has 0 spiro atoms. The summed E-state index contributed by atoms with van der Waals surface area (Å²) in [4.78, 5) is 13.0. The van der Waals surface area contributed by atoms with Gasteiger partial charge < -0.3 is 64.2 Å². The molecule has 0 aromatic rings. The highest BCUT2D eigenvalue weighted by Crippen LogP contribution is 2.26. The van der Waals surface area contributed by atoms with Crippen molar-refractivity contribution in [2.75, 3.05) is 33.0 Å². The second kappa shape index (κ2) is 39.3. The summed E-state index contributed by atoms with van der Waals surface area (Å²) in [5.74, 6) is -0.388. The highest BCUT2D eigenvalue weighted by atomic mass is 16.7. The van der Waals surface area contributed by atoms with Gasteiger partial charge in [0.2, 0.25) is 0 Å². The molecule has 382 valence electrons. The molecule has 14 nitrogen and oxygen atoms in total. The molecule has 2 rings (SSSR count). The minimum atomic E-state index is -1.71. The fourth-order valence-corrected chi connectivity index (χ4v) is 8.18. The van der Waals surface area contributed by atoms with E-state index < -0.39 is 80.7 Å². The Hall–Kier alpha value is -1.53. The van der Waals surface area contributed by atoms with Crippen LogP contribution in [0.1, 0.15) is 194 Å². The van der Waals surface area contributed by atoms with E-state index in [9.17, 15) is 40.5 Å². The van der Waals surface area contributed by atoms with Crippen molar-refractivity contribution in [1.82, 2.24) is 0 Å². The molecule has 0 radical (unpaired) electrons. The zero-order valence-corrected chi connectivity index (χ0v) is 40.5. The molecular weight excluding hydrogens is 837 g/mol. The first-order valence-electron chi connectivity index (χ1n) is 25.9. The third kappa shape index (κ3) is 27.3. The quantitative estimate of drug-likeness (QED) is 0.0179. The van der Waals surface area contributed by atoms with Crippen LogP contribution in [0.15, 0.2) is 24.3 Å². The number of hydrogen-bond donors (Lipinski definition) is 7. The van der Waals surface area contributed by atoms with Crippen LogP contribution in [0, 0.1) is 0 Å². The van der Waals surface area contributed by atoms with Gasteiger partial charge in [0, 0.05) is 13.0 Å². The van der Waals surface area contributed by atoms with Crippen molar-refractivity contribution in [3.63, 3.8) is 0 Å². The molecule has 2 aliphatic heterocycles. The van der Waals surface area contributed by atoms with Crippen molar-refractivity contribution >= 4 is 5.97 Å². The lowest BCUT2D eigenvalue weighted by Gasteiger charge is -2.42. The van der Waals surface area contributed by atoms with E-state index in [1.807, 2.05) is 0 Å². The van der Waals surface area contributed by atoms with Crippen LogP contribution in [0.4, 0.5) is 0 Å². The van der Waals surface area contributed by atoms with E-state index in [1.54, 1.807) is 0 Å². The number of aliphatic hydroxyl groups excluding tert-OH is 7. The number of hydrogen-bond acceptors (Lipinski definition) is 14. The van der Waals surface area contributed by atoms with E-state index in [1.165, 1.54) is 103 Å². The molecular formula is C51H94O14. The van der Waals surface area contributed by atoms with Gasteiger partial charge in [-0.25, -0.2) is 0 Å². The highest BCUT2D eigenvalue weighted by Gasteiger charge is 2.47. The normalized spacial score (nSPS) is 26.7. The number of ether oxygens (including phenoxy) is 6. The Labute approximate surface area is 392 Å². The van der Waals surface area contributed by atoms with Crippen molar-refractivity contribution in [3.8, 4) is 0 Å². The summed E-state index contributed by atoms with van der Waals surface area (Å²) in [5.41, 5.74) is 0. The molecule has 14 heteroatoms.